The minimum Gasteiger partial charge on any atom is -0.497 e. The molecule has 132 valence electrons. The molecule has 4 rings (SSSR count). The van der Waals surface area contributed by atoms with Crippen LogP contribution in [0.15, 0.2) is 42.7 Å². The zero-order valence-corrected chi connectivity index (χ0v) is 14.9. The van der Waals surface area contributed by atoms with Crippen LogP contribution in [0.4, 0.5) is 5.95 Å². The molecule has 25 heavy (non-hydrogen) atoms. The fraction of sp³-hybridized carbons (Fsp3) is 0.500. The first kappa shape index (κ1) is 16.3. The minimum atomic E-state index is 0.448. The molecule has 0 amide bonds. The second-order valence-corrected chi connectivity index (χ2v) is 7.35. The van der Waals surface area contributed by atoms with E-state index in [4.69, 9.17) is 4.74 Å². The summed E-state index contributed by atoms with van der Waals surface area (Å²) in [5, 5.41) is 0. The van der Waals surface area contributed by atoms with Crippen molar-refractivity contribution in [1.82, 2.24) is 14.9 Å². The quantitative estimate of drug-likeness (QED) is 0.857. The fourth-order valence-corrected chi connectivity index (χ4v) is 4.18. The molecule has 0 radical (unpaired) electrons. The molecular weight excluding hydrogens is 312 g/mol. The Labute approximate surface area is 149 Å². The Bertz CT molecular complexity index is 698. The van der Waals surface area contributed by atoms with Crippen LogP contribution in [0.1, 0.15) is 24.8 Å². The normalized spacial score (nSPS) is 20.1. The maximum absolute atomic E-state index is 5.34. The summed E-state index contributed by atoms with van der Waals surface area (Å²) in [5.74, 6) is 1.83. The van der Waals surface area contributed by atoms with Gasteiger partial charge in [0.2, 0.25) is 5.95 Å². The third-order valence-corrected chi connectivity index (χ3v) is 5.73. The first-order chi connectivity index (χ1) is 12.3. The van der Waals surface area contributed by atoms with Crippen molar-refractivity contribution in [3.8, 4) is 5.75 Å². The van der Waals surface area contributed by atoms with Crippen molar-refractivity contribution in [2.45, 2.75) is 25.8 Å². The van der Waals surface area contributed by atoms with E-state index >= 15 is 0 Å². The van der Waals surface area contributed by atoms with Gasteiger partial charge in [0.25, 0.3) is 0 Å². The molecule has 3 heterocycles. The Morgan fingerprint density at radius 1 is 1.04 bits per heavy atom. The van der Waals surface area contributed by atoms with Gasteiger partial charge in [0.1, 0.15) is 5.75 Å². The first-order valence-electron chi connectivity index (χ1n) is 9.14. The number of ether oxygens (including phenoxy) is 1. The van der Waals surface area contributed by atoms with Gasteiger partial charge in [0.05, 0.1) is 7.11 Å². The van der Waals surface area contributed by atoms with Gasteiger partial charge < -0.3 is 9.64 Å². The lowest BCUT2D eigenvalue weighted by Crippen LogP contribution is -2.41. The number of piperidine rings is 1. The number of rotatable bonds is 4. The molecule has 2 aromatic rings. The molecule has 2 aliphatic heterocycles. The zero-order valence-electron chi connectivity index (χ0n) is 14.9. The maximum atomic E-state index is 5.34. The van der Waals surface area contributed by atoms with Crippen LogP contribution in [0.3, 0.4) is 0 Å². The summed E-state index contributed by atoms with van der Waals surface area (Å²) in [5.41, 5.74) is 1.78. The van der Waals surface area contributed by atoms with Gasteiger partial charge in [-0.1, -0.05) is 12.1 Å². The zero-order chi connectivity index (χ0) is 17.1. The molecule has 0 atom stereocenters. The molecule has 2 saturated heterocycles. The molecule has 0 N–H and O–H groups in total. The number of benzene rings is 1. The summed E-state index contributed by atoms with van der Waals surface area (Å²) in [6.45, 7) is 5.53. The standard InChI is InChI=1S/C20H26N4O/c1-25-18-5-2-4-17(14-18)15-23-11-6-20(7-12-23)8-13-24(16-20)19-21-9-3-10-22-19/h2-5,9-10,14H,6-8,11-13,15-16H2,1H3. The lowest BCUT2D eigenvalue weighted by molar-refractivity contribution is 0.115. The van der Waals surface area contributed by atoms with Crippen LogP contribution in [-0.4, -0.2) is 48.2 Å². The van der Waals surface area contributed by atoms with Crippen molar-refractivity contribution >= 4 is 5.95 Å². The molecule has 2 fully saturated rings. The van der Waals surface area contributed by atoms with E-state index < -0.39 is 0 Å². The molecule has 5 heteroatoms. The van der Waals surface area contributed by atoms with Crippen molar-refractivity contribution in [2.24, 2.45) is 5.41 Å². The highest BCUT2D eigenvalue weighted by molar-refractivity contribution is 5.32. The highest BCUT2D eigenvalue weighted by Gasteiger charge is 2.41. The minimum absolute atomic E-state index is 0.448. The van der Waals surface area contributed by atoms with Crippen LogP contribution < -0.4 is 9.64 Å². The highest BCUT2D eigenvalue weighted by atomic mass is 16.5. The predicted molar refractivity (Wildman–Crippen MR) is 98.8 cm³/mol. The number of methoxy groups -OCH3 is 1. The van der Waals surface area contributed by atoms with Crippen molar-refractivity contribution in [1.29, 1.82) is 0 Å². The van der Waals surface area contributed by atoms with Crippen LogP contribution in [-0.2, 0) is 6.54 Å². The van der Waals surface area contributed by atoms with E-state index in [9.17, 15) is 0 Å². The number of hydrogen-bond acceptors (Lipinski definition) is 5. The van der Waals surface area contributed by atoms with Crippen LogP contribution in [0.2, 0.25) is 0 Å². The summed E-state index contributed by atoms with van der Waals surface area (Å²) >= 11 is 0. The Morgan fingerprint density at radius 3 is 2.56 bits per heavy atom. The molecular formula is C20H26N4O. The van der Waals surface area contributed by atoms with Crippen molar-refractivity contribution in [3.63, 3.8) is 0 Å². The lowest BCUT2D eigenvalue weighted by Gasteiger charge is -2.39. The molecule has 0 bridgehead atoms. The smallest absolute Gasteiger partial charge is 0.225 e. The van der Waals surface area contributed by atoms with E-state index in [0.717, 1.165) is 31.3 Å². The van der Waals surface area contributed by atoms with Crippen LogP contribution in [0.25, 0.3) is 0 Å². The Morgan fingerprint density at radius 2 is 1.80 bits per heavy atom. The average molecular weight is 338 g/mol. The fourth-order valence-electron chi connectivity index (χ4n) is 4.18. The van der Waals surface area contributed by atoms with Gasteiger partial charge in [-0.25, -0.2) is 9.97 Å². The monoisotopic (exact) mass is 338 g/mol. The van der Waals surface area contributed by atoms with Gasteiger partial charge in [0.15, 0.2) is 0 Å². The van der Waals surface area contributed by atoms with Gasteiger partial charge in [-0.15, -0.1) is 0 Å². The van der Waals surface area contributed by atoms with E-state index in [-0.39, 0.29) is 0 Å². The third kappa shape index (κ3) is 3.61. The molecule has 2 aliphatic rings. The average Bonchev–Trinajstić information content (AvgIpc) is 3.09. The number of aromatic nitrogens is 2. The molecule has 1 aromatic heterocycles. The van der Waals surface area contributed by atoms with Gasteiger partial charge >= 0.3 is 0 Å². The van der Waals surface area contributed by atoms with Gasteiger partial charge in [-0.05, 0) is 61.5 Å². The van der Waals surface area contributed by atoms with E-state index in [1.807, 2.05) is 24.5 Å². The lowest BCUT2D eigenvalue weighted by atomic mass is 9.77. The summed E-state index contributed by atoms with van der Waals surface area (Å²) in [6.07, 6.45) is 7.47. The third-order valence-electron chi connectivity index (χ3n) is 5.73. The topological polar surface area (TPSA) is 41.5 Å². The summed E-state index contributed by atoms with van der Waals surface area (Å²) in [7, 11) is 1.73. The van der Waals surface area contributed by atoms with Gasteiger partial charge in [0, 0.05) is 32.0 Å². The molecule has 5 nitrogen and oxygen atoms in total. The Kier molecular flexibility index (Phi) is 4.57. The Hall–Kier alpha value is -2.14. The second-order valence-electron chi connectivity index (χ2n) is 7.35. The summed E-state index contributed by atoms with van der Waals surface area (Å²) in [6, 6.07) is 10.3. The van der Waals surface area contributed by atoms with E-state index in [1.165, 1.54) is 37.9 Å². The Balaban J connectivity index is 1.34. The first-order valence-corrected chi connectivity index (χ1v) is 9.14. The number of nitrogens with zero attached hydrogens (tertiary/aromatic N) is 4. The van der Waals surface area contributed by atoms with E-state index in [0.29, 0.717) is 5.41 Å². The maximum Gasteiger partial charge on any atom is 0.225 e. The van der Waals surface area contributed by atoms with Crippen molar-refractivity contribution in [3.05, 3.63) is 48.3 Å². The predicted octanol–water partition coefficient (Wildman–Crippen LogP) is 2.98. The molecule has 1 spiro atoms. The highest BCUT2D eigenvalue weighted by Crippen LogP contribution is 2.41. The number of hydrogen-bond donors (Lipinski definition) is 0. The molecule has 1 aromatic carbocycles. The number of anilines is 1. The number of likely N-dealkylation sites (tertiary alicyclic amines) is 1. The van der Waals surface area contributed by atoms with Gasteiger partial charge in [-0.2, -0.15) is 0 Å². The molecule has 0 aliphatic carbocycles. The van der Waals surface area contributed by atoms with Crippen molar-refractivity contribution < 1.29 is 4.74 Å². The van der Waals surface area contributed by atoms with Crippen LogP contribution in [0.5, 0.6) is 5.75 Å². The molecule has 0 saturated carbocycles. The van der Waals surface area contributed by atoms with Crippen molar-refractivity contribution in [2.75, 3.05) is 38.2 Å². The summed E-state index contributed by atoms with van der Waals surface area (Å²) < 4.78 is 5.34. The van der Waals surface area contributed by atoms with E-state index in [2.05, 4.69) is 38.0 Å². The second kappa shape index (κ2) is 7.00. The van der Waals surface area contributed by atoms with E-state index in [1.54, 1.807) is 7.11 Å². The van der Waals surface area contributed by atoms with Gasteiger partial charge in [-0.3, -0.25) is 4.90 Å². The molecule has 0 unspecified atom stereocenters. The van der Waals surface area contributed by atoms with Crippen LogP contribution >= 0.6 is 0 Å². The summed E-state index contributed by atoms with van der Waals surface area (Å²) in [4.78, 5) is 13.8. The van der Waals surface area contributed by atoms with Crippen LogP contribution in [0, 0.1) is 5.41 Å². The largest absolute Gasteiger partial charge is 0.497 e. The SMILES string of the molecule is COc1cccc(CN2CCC3(CC2)CCN(c2ncccn2)C3)c1.